The van der Waals surface area contributed by atoms with E-state index >= 15 is 0 Å². The van der Waals surface area contributed by atoms with Gasteiger partial charge in [-0.15, -0.1) is 16.9 Å². The van der Waals surface area contributed by atoms with Gasteiger partial charge in [0.2, 0.25) is 17.0 Å². The number of rotatable bonds is 12. The van der Waals surface area contributed by atoms with Gasteiger partial charge >= 0.3 is 35.6 Å². The number of nitrogens with one attached hydrogen (secondary N) is 5. The number of carboxylic acid groups (broad SMARTS) is 1. The van der Waals surface area contributed by atoms with Gasteiger partial charge in [-0.05, 0) is 52.5 Å². The molecule has 6 rings (SSSR count). The molecular formula is C27H28N11NaO7S2. The van der Waals surface area contributed by atoms with Crippen molar-refractivity contribution in [1.82, 2.24) is 45.7 Å². The van der Waals surface area contributed by atoms with Crippen LogP contribution >= 0.6 is 23.5 Å². The summed E-state index contributed by atoms with van der Waals surface area (Å²) < 4.78 is 1.43. The number of amides is 4. The Hall–Kier alpha value is -4.11. The molecule has 3 aliphatic rings. The van der Waals surface area contributed by atoms with E-state index in [-0.39, 0.29) is 69.7 Å². The van der Waals surface area contributed by atoms with Crippen LogP contribution < -0.4 is 61.5 Å². The van der Waals surface area contributed by atoms with Gasteiger partial charge < -0.3 is 36.3 Å². The van der Waals surface area contributed by atoms with Gasteiger partial charge in [0.25, 0.3) is 11.5 Å². The van der Waals surface area contributed by atoms with Gasteiger partial charge in [-0.1, -0.05) is 23.9 Å². The number of aryl methyl sites for hydroxylation is 1. The second-order valence-electron chi connectivity index (χ2n) is 10.9. The fraction of sp³-hybridized carbons (Fsp3) is 0.370. The third-order valence-electron chi connectivity index (χ3n) is 7.56. The average Bonchev–Trinajstić information content (AvgIpc) is 3.80. The zero-order chi connectivity index (χ0) is 33.2. The Bertz CT molecular complexity index is 1820. The molecule has 21 heteroatoms. The van der Waals surface area contributed by atoms with Gasteiger partial charge in [-0.2, -0.15) is 0 Å². The van der Waals surface area contributed by atoms with Gasteiger partial charge in [0.15, 0.2) is 0 Å². The van der Waals surface area contributed by atoms with Crippen LogP contribution in [0, 0.1) is 5.92 Å². The number of β-lactam (4-membered cyclic amide) rings is 1. The minimum atomic E-state index is -1.53. The molecule has 1 aromatic carbocycles. The molecule has 3 atom stereocenters. The standard InChI is InChI=1S/C27H29N11O7S2.Na/c1-37-27(34-35-36-37)47-11-14-10-46-23-18(22(42)38(23)19(14)24(43)44)31-21(41)17(13-4-6-15(39)7-5-13)32-26(45)30-16-9-29-25(33-20(16)40)28-8-12-2-3-12;/h4-7,9,12,17-18,23,39H,2-3,8,10-11H2,1H3,(H,31,41)(H,43,44)(H2,30,32,45)(H2,28,29,33,40);/q;+1/p-1/t17-,18?,23-;/m1./s1. The first-order valence-corrected chi connectivity index (χ1v) is 16.4. The van der Waals surface area contributed by atoms with Crippen LogP contribution in [0.5, 0.6) is 5.75 Å². The fourth-order valence-corrected chi connectivity index (χ4v) is 7.24. The number of aliphatic carboxylic acids is 1. The van der Waals surface area contributed by atoms with E-state index in [0.717, 1.165) is 17.7 Å². The number of carbonyl (C=O) groups excluding carboxylic acids is 4. The number of urea groups is 1. The van der Waals surface area contributed by atoms with Crippen LogP contribution in [0.2, 0.25) is 0 Å². The smallest absolute Gasteiger partial charge is 0.543 e. The van der Waals surface area contributed by atoms with E-state index in [2.05, 4.69) is 46.8 Å². The topological polar surface area (TPSA) is 252 Å². The maximum atomic E-state index is 13.6. The van der Waals surface area contributed by atoms with Crippen molar-refractivity contribution in [2.45, 2.75) is 35.5 Å². The zero-order valence-corrected chi connectivity index (χ0v) is 29.3. The molecule has 0 radical (unpaired) electrons. The average molecular weight is 706 g/mol. The molecule has 2 aromatic heterocycles. The quantitative estimate of drug-likeness (QED) is 0.0595. The van der Waals surface area contributed by atoms with Crippen LogP contribution in [0.25, 0.3) is 0 Å². The van der Waals surface area contributed by atoms with E-state index in [1.54, 1.807) is 7.05 Å². The monoisotopic (exact) mass is 705 g/mol. The number of fused-ring (bicyclic) bond motifs is 1. The molecule has 4 amide bonds. The number of phenolic OH excluding ortho intramolecular Hbond substituents is 1. The van der Waals surface area contributed by atoms with Gasteiger partial charge in [-0.25, -0.2) is 14.5 Å². The molecule has 6 N–H and O–H groups in total. The summed E-state index contributed by atoms with van der Waals surface area (Å²) in [5, 5.41) is 43.3. The van der Waals surface area contributed by atoms with Crippen molar-refractivity contribution >= 4 is 59.0 Å². The first kappa shape index (κ1) is 35.2. The number of tetrazole rings is 1. The zero-order valence-electron chi connectivity index (χ0n) is 25.6. The normalized spacial score (nSPS) is 18.9. The van der Waals surface area contributed by atoms with Crippen LogP contribution in [-0.2, 0) is 21.4 Å². The van der Waals surface area contributed by atoms with Crippen molar-refractivity contribution < 1.29 is 58.9 Å². The van der Waals surface area contributed by atoms with Gasteiger partial charge in [-0.3, -0.25) is 24.3 Å². The van der Waals surface area contributed by atoms with Crippen molar-refractivity contribution in [3.63, 3.8) is 0 Å². The van der Waals surface area contributed by atoms with Crippen molar-refractivity contribution in [2.24, 2.45) is 13.0 Å². The van der Waals surface area contributed by atoms with Gasteiger partial charge in [0.05, 0.1) is 17.9 Å². The van der Waals surface area contributed by atoms with E-state index in [4.69, 9.17) is 0 Å². The number of aromatic amines is 1. The largest absolute Gasteiger partial charge is 1.00 e. The SMILES string of the molecule is Cn1nnnc1SCC1=C(C(=O)[O-])N2C(=O)C(NC(=O)[C@H](NC(=O)Nc3cnc(NCC4CC4)[nH]c3=O)c3ccc(O)cc3)[C@H]2SC1.[Na+]. The number of thioether (sulfide) groups is 2. The molecule has 1 aliphatic carbocycles. The number of carbonyl (C=O) groups is 4. The minimum Gasteiger partial charge on any atom is -0.543 e. The Morgan fingerprint density at radius 2 is 1.96 bits per heavy atom. The predicted octanol–water partition coefficient (Wildman–Crippen LogP) is -4.12. The summed E-state index contributed by atoms with van der Waals surface area (Å²) in [4.78, 5) is 72.2. The number of hydrogen-bond donors (Lipinski definition) is 6. The second-order valence-corrected chi connectivity index (χ2v) is 13.0. The van der Waals surface area contributed by atoms with E-state index < -0.39 is 46.8 Å². The molecule has 1 saturated heterocycles. The summed E-state index contributed by atoms with van der Waals surface area (Å²) in [6.07, 6.45) is 3.41. The van der Waals surface area contributed by atoms with Crippen molar-refractivity contribution in [1.29, 1.82) is 0 Å². The number of aromatic nitrogens is 6. The number of nitrogens with zero attached hydrogens (tertiary/aromatic N) is 6. The number of carboxylic acids is 1. The molecule has 1 saturated carbocycles. The minimum absolute atomic E-state index is 0. The molecule has 4 heterocycles. The van der Waals surface area contributed by atoms with Crippen molar-refractivity contribution in [3.8, 4) is 5.75 Å². The summed E-state index contributed by atoms with van der Waals surface area (Å²) >= 11 is 2.46. The Morgan fingerprint density at radius 1 is 1.21 bits per heavy atom. The molecular weight excluding hydrogens is 677 g/mol. The molecule has 2 fully saturated rings. The van der Waals surface area contributed by atoms with Gasteiger partial charge in [0.1, 0.15) is 28.9 Å². The molecule has 1 unspecified atom stereocenters. The summed E-state index contributed by atoms with van der Waals surface area (Å²) in [5.74, 6) is -1.83. The summed E-state index contributed by atoms with van der Waals surface area (Å²) in [6.45, 7) is 0.674. The third kappa shape index (κ3) is 7.78. The number of hydrogen-bond acceptors (Lipinski definition) is 14. The van der Waals surface area contributed by atoms with Crippen LogP contribution in [-0.4, -0.2) is 93.5 Å². The number of benzene rings is 1. The first-order chi connectivity index (χ1) is 22.6. The molecule has 246 valence electrons. The number of anilines is 2. The number of H-pyrrole nitrogens is 1. The van der Waals surface area contributed by atoms with E-state index in [9.17, 15) is 34.2 Å². The maximum Gasteiger partial charge on any atom is 1.00 e. The summed E-state index contributed by atoms with van der Waals surface area (Å²) in [6, 6.07) is 2.06. The summed E-state index contributed by atoms with van der Waals surface area (Å²) in [5.41, 5.74) is -0.356. The maximum absolute atomic E-state index is 13.6. The molecule has 2 aliphatic heterocycles. The van der Waals surface area contributed by atoms with Crippen molar-refractivity contribution in [2.75, 3.05) is 28.7 Å². The second kappa shape index (κ2) is 15.0. The predicted molar refractivity (Wildman–Crippen MR) is 166 cm³/mol. The first-order valence-electron chi connectivity index (χ1n) is 14.3. The van der Waals surface area contributed by atoms with E-state index in [1.165, 1.54) is 58.7 Å². The Morgan fingerprint density at radius 3 is 2.60 bits per heavy atom. The van der Waals surface area contributed by atoms with Crippen LogP contribution in [0.4, 0.5) is 16.4 Å². The summed E-state index contributed by atoms with van der Waals surface area (Å²) in [7, 11) is 1.64. The van der Waals surface area contributed by atoms with Gasteiger partial charge in [0, 0.05) is 25.1 Å². The fourth-order valence-electron chi connectivity index (χ4n) is 4.91. The van der Waals surface area contributed by atoms with Crippen LogP contribution in [0.1, 0.15) is 24.4 Å². The van der Waals surface area contributed by atoms with E-state index in [0.29, 0.717) is 23.2 Å². The molecule has 0 bridgehead atoms. The van der Waals surface area contributed by atoms with Crippen LogP contribution in [0.3, 0.4) is 0 Å². The molecule has 18 nitrogen and oxygen atoms in total. The number of phenols is 1. The van der Waals surface area contributed by atoms with Crippen molar-refractivity contribution in [3.05, 3.63) is 57.6 Å². The molecule has 3 aromatic rings. The Labute approximate surface area is 302 Å². The molecule has 48 heavy (non-hydrogen) atoms. The Balaban J connectivity index is 0.00000451. The number of aromatic hydroxyl groups is 1. The Kier molecular flexibility index (Phi) is 11.0. The van der Waals surface area contributed by atoms with E-state index in [1.807, 2.05) is 0 Å². The third-order valence-corrected chi connectivity index (χ3v) is 10.00. The molecule has 0 spiro atoms. The van der Waals surface area contributed by atoms with Crippen LogP contribution in [0.15, 0.2) is 51.7 Å².